The lowest BCUT2D eigenvalue weighted by atomic mass is 10.1. The van der Waals surface area contributed by atoms with Crippen molar-refractivity contribution in [2.45, 2.75) is 12.1 Å². The van der Waals surface area contributed by atoms with E-state index in [0.717, 1.165) is 16.5 Å². The minimum atomic E-state index is 0.510. The van der Waals surface area contributed by atoms with Crippen molar-refractivity contribution in [1.29, 1.82) is 0 Å². The highest BCUT2D eigenvalue weighted by Gasteiger charge is 2.11. The molecule has 0 aliphatic heterocycles. The summed E-state index contributed by atoms with van der Waals surface area (Å²) in [5.74, 6) is 6.94. The van der Waals surface area contributed by atoms with Crippen molar-refractivity contribution in [3.63, 3.8) is 0 Å². The number of pyridine rings is 1. The van der Waals surface area contributed by atoms with Crippen LogP contribution in [-0.4, -0.2) is 20.9 Å². The SMILES string of the molecule is CC#CCSc1nnc(-c2cccc3ncccc23)o1. The van der Waals surface area contributed by atoms with E-state index in [1.165, 1.54) is 11.8 Å². The molecule has 2 aromatic heterocycles. The maximum atomic E-state index is 5.67. The third-order valence-corrected chi connectivity index (χ3v) is 3.43. The van der Waals surface area contributed by atoms with Gasteiger partial charge in [0.05, 0.1) is 11.3 Å². The van der Waals surface area contributed by atoms with Crippen LogP contribution in [-0.2, 0) is 0 Å². The molecule has 4 nitrogen and oxygen atoms in total. The molecule has 0 radical (unpaired) electrons. The van der Waals surface area contributed by atoms with Gasteiger partial charge in [0.1, 0.15) is 0 Å². The molecule has 0 bridgehead atoms. The van der Waals surface area contributed by atoms with Gasteiger partial charge >= 0.3 is 0 Å². The molecule has 5 heteroatoms. The molecule has 0 spiro atoms. The van der Waals surface area contributed by atoms with Gasteiger partial charge in [-0.25, -0.2) is 0 Å². The number of hydrogen-bond acceptors (Lipinski definition) is 5. The second-order valence-electron chi connectivity index (χ2n) is 3.96. The lowest BCUT2D eigenvalue weighted by Gasteiger charge is -2.00. The number of nitrogens with zero attached hydrogens (tertiary/aromatic N) is 3. The topological polar surface area (TPSA) is 51.8 Å². The van der Waals surface area contributed by atoms with E-state index in [0.29, 0.717) is 16.9 Å². The van der Waals surface area contributed by atoms with Gasteiger partial charge in [-0.05, 0) is 25.1 Å². The summed E-state index contributed by atoms with van der Waals surface area (Å²) in [6.45, 7) is 1.81. The largest absolute Gasteiger partial charge is 0.411 e. The van der Waals surface area contributed by atoms with Gasteiger partial charge in [0.25, 0.3) is 5.22 Å². The summed E-state index contributed by atoms with van der Waals surface area (Å²) in [5.41, 5.74) is 1.81. The molecule has 3 rings (SSSR count). The summed E-state index contributed by atoms with van der Waals surface area (Å²) in [6, 6.07) is 9.75. The molecule has 0 saturated heterocycles. The average molecular weight is 281 g/mol. The van der Waals surface area contributed by atoms with Gasteiger partial charge in [0.2, 0.25) is 5.89 Å². The summed E-state index contributed by atoms with van der Waals surface area (Å²) in [5, 5.41) is 9.67. The zero-order chi connectivity index (χ0) is 13.8. The number of benzene rings is 1. The van der Waals surface area contributed by atoms with E-state index in [2.05, 4.69) is 27.0 Å². The molecule has 3 aromatic rings. The summed E-state index contributed by atoms with van der Waals surface area (Å²) >= 11 is 1.44. The fourth-order valence-corrected chi connectivity index (χ4v) is 2.41. The second kappa shape index (κ2) is 5.76. The molecule has 0 unspecified atom stereocenters. The third kappa shape index (κ3) is 2.51. The molecule has 2 heterocycles. The van der Waals surface area contributed by atoms with Gasteiger partial charge in [-0.15, -0.1) is 16.1 Å². The van der Waals surface area contributed by atoms with E-state index in [-0.39, 0.29) is 0 Å². The summed E-state index contributed by atoms with van der Waals surface area (Å²) in [7, 11) is 0. The number of thioether (sulfide) groups is 1. The first kappa shape index (κ1) is 12.7. The standard InChI is InChI=1S/C15H11N3OS/c1-2-3-10-20-15-18-17-14(19-15)12-6-4-8-13-11(12)7-5-9-16-13/h4-9H,10H2,1H3. The lowest BCUT2D eigenvalue weighted by molar-refractivity contribution is 0.466. The quantitative estimate of drug-likeness (QED) is 0.544. The van der Waals surface area contributed by atoms with Crippen molar-refractivity contribution in [2.75, 3.05) is 5.75 Å². The monoisotopic (exact) mass is 281 g/mol. The molecule has 20 heavy (non-hydrogen) atoms. The van der Waals surface area contributed by atoms with Crippen LogP contribution in [0.25, 0.3) is 22.4 Å². The zero-order valence-electron chi connectivity index (χ0n) is 10.8. The third-order valence-electron chi connectivity index (χ3n) is 2.73. The Kier molecular flexibility index (Phi) is 3.66. The highest BCUT2D eigenvalue weighted by molar-refractivity contribution is 7.99. The molecule has 0 atom stereocenters. The van der Waals surface area contributed by atoms with Gasteiger partial charge in [-0.3, -0.25) is 4.98 Å². The molecular weight excluding hydrogens is 270 g/mol. The Hall–Kier alpha value is -2.32. The van der Waals surface area contributed by atoms with Gasteiger partial charge in [-0.1, -0.05) is 29.8 Å². The maximum absolute atomic E-state index is 5.67. The normalized spacial score (nSPS) is 10.2. The van der Waals surface area contributed by atoms with Gasteiger partial charge in [0, 0.05) is 17.1 Å². The summed E-state index contributed by atoms with van der Waals surface area (Å²) < 4.78 is 5.67. The van der Waals surface area contributed by atoms with Crippen molar-refractivity contribution >= 4 is 22.7 Å². The predicted molar refractivity (Wildman–Crippen MR) is 79.2 cm³/mol. The maximum Gasteiger partial charge on any atom is 0.277 e. The van der Waals surface area contributed by atoms with Crippen LogP contribution in [0.3, 0.4) is 0 Å². The molecule has 0 amide bonds. The number of rotatable bonds is 3. The van der Waals surface area contributed by atoms with E-state index in [4.69, 9.17) is 4.42 Å². The summed E-state index contributed by atoms with van der Waals surface area (Å²) in [4.78, 5) is 4.32. The molecule has 98 valence electrons. The van der Waals surface area contributed by atoms with Crippen LogP contribution in [0.2, 0.25) is 0 Å². The van der Waals surface area contributed by atoms with Crippen molar-refractivity contribution in [3.8, 4) is 23.3 Å². The Morgan fingerprint density at radius 2 is 2.15 bits per heavy atom. The predicted octanol–water partition coefficient (Wildman–Crippen LogP) is 3.40. The second-order valence-corrected chi connectivity index (χ2v) is 4.89. The molecule has 0 aliphatic carbocycles. The summed E-state index contributed by atoms with van der Waals surface area (Å²) in [6.07, 6.45) is 1.77. The first-order valence-electron chi connectivity index (χ1n) is 6.08. The lowest BCUT2D eigenvalue weighted by Crippen LogP contribution is -1.83. The average Bonchev–Trinajstić information content (AvgIpc) is 2.96. The van der Waals surface area contributed by atoms with E-state index in [9.17, 15) is 0 Å². The van der Waals surface area contributed by atoms with Crippen molar-refractivity contribution in [3.05, 3.63) is 36.5 Å². The van der Waals surface area contributed by atoms with Gasteiger partial charge < -0.3 is 4.42 Å². The zero-order valence-corrected chi connectivity index (χ0v) is 11.6. The number of aromatic nitrogens is 3. The van der Waals surface area contributed by atoms with Crippen LogP contribution < -0.4 is 0 Å². The smallest absolute Gasteiger partial charge is 0.277 e. The molecule has 0 N–H and O–H groups in total. The first-order chi connectivity index (χ1) is 9.88. The molecule has 0 saturated carbocycles. The molecule has 0 aliphatic rings. The van der Waals surface area contributed by atoms with Crippen LogP contribution in [0, 0.1) is 11.8 Å². The van der Waals surface area contributed by atoms with Crippen LogP contribution >= 0.6 is 11.8 Å². The van der Waals surface area contributed by atoms with Gasteiger partial charge in [-0.2, -0.15) is 0 Å². The fraction of sp³-hybridized carbons (Fsp3) is 0.133. The number of fused-ring (bicyclic) bond motifs is 1. The first-order valence-corrected chi connectivity index (χ1v) is 7.07. The fourth-order valence-electron chi connectivity index (χ4n) is 1.84. The van der Waals surface area contributed by atoms with Crippen LogP contribution in [0.1, 0.15) is 6.92 Å². The van der Waals surface area contributed by atoms with Crippen LogP contribution in [0.4, 0.5) is 0 Å². The van der Waals surface area contributed by atoms with Crippen molar-refractivity contribution in [2.24, 2.45) is 0 Å². The minimum absolute atomic E-state index is 0.510. The Morgan fingerprint density at radius 1 is 1.20 bits per heavy atom. The Labute approximate surface area is 120 Å². The molecule has 0 fully saturated rings. The molecule has 1 aromatic carbocycles. The Balaban J connectivity index is 1.96. The van der Waals surface area contributed by atoms with Gasteiger partial charge in [0.15, 0.2) is 0 Å². The van der Waals surface area contributed by atoms with Crippen molar-refractivity contribution < 1.29 is 4.42 Å². The van der Waals surface area contributed by atoms with E-state index < -0.39 is 0 Å². The van der Waals surface area contributed by atoms with Crippen LogP contribution in [0.5, 0.6) is 0 Å². The Morgan fingerprint density at radius 3 is 3.05 bits per heavy atom. The minimum Gasteiger partial charge on any atom is -0.411 e. The Bertz CT molecular complexity index is 796. The molecular formula is C15H11N3OS. The number of hydrogen-bond donors (Lipinski definition) is 0. The van der Waals surface area contributed by atoms with E-state index >= 15 is 0 Å². The van der Waals surface area contributed by atoms with E-state index in [1.807, 2.05) is 37.3 Å². The van der Waals surface area contributed by atoms with Crippen molar-refractivity contribution in [1.82, 2.24) is 15.2 Å². The highest BCUT2D eigenvalue weighted by atomic mass is 32.2. The van der Waals surface area contributed by atoms with Crippen LogP contribution in [0.15, 0.2) is 46.2 Å². The van der Waals surface area contributed by atoms with E-state index in [1.54, 1.807) is 6.20 Å². The highest BCUT2D eigenvalue weighted by Crippen LogP contribution is 2.28.